The van der Waals surface area contributed by atoms with Crippen LogP contribution in [0.3, 0.4) is 0 Å². The lowest BCUT2D eigenvalue weighted by atomic mass is 9.53. The van der Waals surface area contributed by atoms with Gasteiger partial charge in [-0.1, -0.05) is 44.9 Å². The highest BCUT2D eigenvalue weighted by molar-refractivity contribution is 5.93. The molecule has 228 valence electrons. The second-order valence-electron chi connectivity index (χ2n) is 15.8. The summed E-state index contributed by atoms with van der Waals surface area (Å²) in [5, 5.41) is 4.97. The smallest absolute Gasteiger partial charge is 0.246 e. The van der Waals surface area contributed by atoms with E-state index in [1.165, 1.54) is 35.9 Å². The van der Waals surface area contributed by atoms with Crippen LogP contribution < -0.4 is 5.32 Å². The first-order chi connectivity index (χ1) is 20.7. The lowest BCUT2D eigenvalue weighted by Gasteiger charge is -2.57. The predicted molar refractivity (Wildman–Crippen MR) is 167 cm³/mol. The van der Waals surface area contributed by atoms with E-state index in [0.717, 1.165) is 74.0 Å². The normalized spacial score (nSPS) is 33.1. The minimum absolute atomic E-state index is 0.00598. The molecule has 9 rings (SSSR count). The number of carbonyl (C=O) groups excluding carboxylic acids is 2. The number of hydrogen-bond acceptors (Lipinski definition) is 3. The van der Waals surface area contributed by atoms with Gasteiger partial charge in [-0.15, -0.1) is 0 Å². The van der Waals surface area contributed by atoms with Crippen LogP contribution in [-0.2, 0) is 16.1 Å². The summed E-state index contributed by atoms with van der Waals surface area (Å²) in [6, 6.07) is 12.3. The van der Waals surface area contributed by atoms with E-state index in [2.05, 4.69) is 55.3 Å². The van der Waals surface area contributed by atoms with Crippen LogP contribution in [0.4, 0.5) is 0 Å². The van der Waals surface area contributed by atoms with Gasteiger partial charge in [-0.25, -0.2) is 0 Å². The Morgan fingerprint density at radius 1 is 0.977 bits per heavy atom. The van der Waals surface area contributed by atoms with Crippen molar-refractivity contribution in [3.05, 3.63) is 59.7 Å². The first-order valence-corrected chi connectivity index (χ1v) is 16.9. The van der Waals surface area contributed by atoms with Gasteiger partial charge >= 0.3 is 0 Å². The van der Waals surface area contributed by atoms with Crippen molar-refractivity contribution in [2.45, 2.75) is 115 Å². The molecule has 2 N–H and O–H groups in total. The van der Waals surface area contributed by atoms with Crippen molar-refractivity contribution in [1.82, 2.24) is 15.2 Å². The first kappa shape index (κ1) is 27.5. The van der Waals surface area contributed by atoms with Crippen LogP contribution in [0.1, 0.15) is 107 Å². The molecule has 0 unspecified atom stereocenters. The lowest BCUT2D eigenvalue weighted by molar-refractivity contribution is -0.152. The van der Waals surface area contributed by atoms with Gasteiger partial charge in [0.15, 0.2) is 0 Å². The highest BCUT2D eigenvalue weighted by atomic mass is 16.3. The minimum atomic E-state index is -0.807. The number of amides is 2. The standard InChI is InChI=1S/C37H47N3O3/c1-23-32(28-10-4-5-11-30(28)38-23)33-29(35(33,2)3)18-31(41)40(22-27-9-8-14-43-27)37(12-6-7-13-37)34(42)39-36-19-24-15-25(20-36)17-26(16-24)21-36/h4-5,8-11,14,24-26,29,33,38H,6-7,12-13,15-22H2,1-3H3,(H,39,42)/t24?,25?,26?,29-,33+,36?/m0/s1. The van der Waals surface area contributed by atoms with Crippen molar-refractivity contribution in [3.8, 4) is 0 Å². The molecule has 3 aromatic rings. The number of nitrogens with zero attached hydrogens (tertiary/aromatic N) is 1. The maximum absolute atomic E-state index is 14.7. The number of fused-ring (bicyclic) bond motifs is 1. The molecule has 6 heteroatoms. The molecule has 6 aliphatic carbocycles. The number of hydrogen-bond donors (Lipinski definition) is 2. The van der Waals surface area contributed by atoms with E-state index in [9.17, 15) is 9.59 Å². The van der Waals surface area contributed by atoms with E-state index >= 15 is 0 Å². The Morgan fingerprint density at radius 3 is 2.30 bits per heavy atom. The number of H-pyrrole nitrogens is 1. The molecule has 0 radical (unpaired) electrons. The minimum Gasteiger partial charge on any atom is -0.467 e. The van der Waals surface area contributed by atoms with Gasteiger partial charge in [0.2, 0.25) is 11.8 Å². The average molecular weight is 582 g/mol. The number of para-hydroxylation sites is 1. The second-order valence-corrected chi connectivity index (χ2v) is 15.8. The fourth-order valence-electron chi connectivity index (χ4n) is 10.9. The summed E-state index contributed by atoms with van der Waals surface area (Å²) in [6.45, 7) is 7.12. The van der Waals surface area contributed by atoms with Gasteiger partial charge in [0.05, 0.1) is 12.8 Å². The summed E-state index contributed by atoms with van der Waals surface area (Å²) in [4.78, 5) is 34.8. The maximum Gasteiger partial charge on any atom is 0.246 e. The summed E-state index contributed by atoms with van der Waals surface area (Å²) in [5.41, 5.74) is 2.84. The Labute approximate surface area is 255 Å². The van der Waals surface area contributed by atoms with Gasteiger partial charge in [-0.2, -0.15) is 0 Å². The molecule has 4 bridgehead atoms. The van der Waals surface area contributed by atoms with Crippen molar-refractivity contribution >= 4 is 22.7 Å². The van der Waals surface area contributed by atoms with E-state index < -0.39 is 5.54 Å². The Kier molecular flexibility index (Phi) is 6.23. The van der Waals surface area contributed by atoms with Crippen LogP contribution in [-0.4, -0.2) is 32.8 Å². The zero-order valence-electron chi connectivity index (χ0n) is 26.1. The Bertz CT molecular complexity index is 1510. The van der Waals surface area contributed by atoms with Crippen LogP contribution in [0.25, 0.3) is 10.9 Å². The molecule has 6 aliphatic rings. The molecule has 2 heterocycles. The molecule has 0 saturated heterocycles. The van der Waals surface area contributed by atoms with Gasteiger partial charge in [-0.3, -0.25) is 9.59 Å². The van der Waals surface area contributed by atoms with Gasteiger partial charge in [0.1, 0.15) is 11.3 Å². The van der Waals surface area contributed by atoms with Crippen LogP contribution in [0.15, 0.2) is 47.1 Å². The highest BCUT2D eigenvalue weighted by Gasteiger charge is 2.61. The predicted octanol–water partition coefficient (Wildman–Crippen LogP) is 7.63. The summed E-state index contributed by atoms with van der Waals surface area (Å²) in [5.74, 6) is 3.75. The largest absolute Gasteiger partial charge is 0.467 e. The van der Waals surface area contributed by atoms with Crippen LogP contribution in [0, 0.1) is 36.0 Å². The number of benzene rings is 1. The second kappa shape index (κ2) is 9.74. The molecule has 2 aromatic heterocycles. The van der Waals surface area contributed by atoms with E-state index in [1.807, 2.05) is 17.0 Å². The molecule has 6 saturated carbocycles. The molecular weight excluding hydrogens is 534 g/mol. The number of carbonyl (C=O) groups is 2. The van der Waals surface area contributed by atoms with E-state index in [1.54, 1.807) is 6.26 Å². The third-order valence-electron chi connectivity index (χ3n) is 12.7. The molecule has 0 spiro atoms. The number of aryl methyl sites for hydroxylation is 1. The van der Waals surface area contributed by atoms with Crippen LogP contribution in [0.5, 0.6) is 0 Å². The maximum atomic E-state index is 14.7. The van der Waals surface area contributed by atoms with Gasteiger partial charge in [-0.05, 0) is 117 Å². The van der Waals surface area contributed by atoms with E-state index in [4.69, 9.17) is 4.42 Å². The topological polar surface area (TPSA) is 78.3 Å². The Hall–Kier alpha value is -3.02. The molecular formula is C37H47N3O3. The lowest BCUT2D eigenvalue weighted by Crippen LogP contribution is -2.66. The molecule has 2 atom stereocenters. The molecule has 6 fully saturated rings. The third-order valence-corrected chi connectivity index (χ3v) is 12.7. The fourth-order valence-corrected chi connectivity index (χ4v) is 10.9. The molecule has 43 heavy (non-hydrogen) atoms. The van der Waals surface area contributed by atoms with Crippen molar-refractivity contribution in [3.63, 3.8) is 0 Å². The number of nitrogens with one attached hydrogen (secondary N) is 2. The van der Waals surface area contributed by atoms with E-state index in [-0.39, 0.29) is 28.7 Å². The highest BCUT2D eigenvalue weighted by Crippen LogP contribution is 2.67. The van der Waals surface area contributed by atoms with Crippen molar-refractivity contribution < 1.29 is 14.0 Å². The number of aromatic amines is 1. The van der Waals surface area contributed by atoms with Crippen molar-refractivity contribution in [2.24, 2.45) is 29.1 Å². The average Bonchev–Trinajstić information content (AvgIpc) is 3.53. The van der Waals surface area contributed by atoms with Gasteiger partial charge in [0.25, 0.3) is 0 Å². The number of furan rings is 1. The summed E-state index contributed by atoms with van der Waals surface area (Å²) < 4.78 is 5.81. The van der Waals surface area contributed by atoms with E-state index in [0.29, 0.717) is 18.9 Å². The SMILES string of the molecule is Cc1[nH]c2ccccc2c1[C@H]1[C@H](CC(=O)N(Cc2ccco2)C2(C(=O)NC34CC5CC(CC(C5)C3)C4)CCCC2)C1(C)C. The Balaban J connectivity index is 1.09. The zero-order valence-corrected chi connectivity index (χ0v) is 26.1. The fraction of sp³-hybridized carbons (Fsp3) is 0.622. The Morgan fingerprint density at radius 2 is 1.65 bits per heavy atom. The third kappa shape index (κ3) is 4.41. The van der Waals surface area contributed by atoms with Crippen molar-refractivity contribution in [1.29, 1.82) is 0 Å². The summed E-state index contributed by atoms with van der Waals surface area (Å²) >= 11 is 0. The number of rotatable bonds is 8. The molecule has 0 aliphatic heterocycles. The summed E-state index contributed by atoms with van der Waals surface area (Å²) in [6.07, 6.45) is 12.9. The quantitative estimate of drug-likeness (QED) is 0.287. The summed E-state index contributed by atoms with van der Waals surface area (Å²) in [7, 11) is 0. The van der Waals surface area contributed by atoms with Crippen LogP contribution in [0.2, 0.25) is 0 Å². The monoisotopic (exact) mass is 581 g/mol. The van der Waals surface area contributed by atoms with Crippen LogP contribution >= 0.6 is 0 Å². The van der Waals surface area contributed by atoms with Gasteiger partial charge in [0, 0.05) is 28.6 Å². The molecule has 6 nitrogen and oxygen atoms in total. The van der Waals surface area contributed by atoms with Gasteiger partial charge < -0.3 is 19.6 Å². The number of aromatic nitrogens is 1. The van der Waals surface area contributed by atoms with Crippen molar-refractivity contribution in [2.75, 3.05) is 0 Å². The molecule has 2 amide bonds. The molecule has 1 aromatic carbocycles. The first-order valence-electron chi connectivity index (χ1n) is 16.9. The zero-order chi connectivity index (χ0) is 29.6.